The minimum atomic E-state index is -0.303. The van der Waals surface area contributed by atoms with Gasteiger partial charge < -0.3 is 16.0 Å². The Balaban J connectivity index is 1.88. The van der Waals surface area contributed by atoms with E-state index in [-0.39, 0.29) is 11.9 Å². The lowest BCUT2D eigenvalue weighted by Gasteiger charge is -2.08. The molecule has 5 nitrogen and oxygen atoms in total. The maximum absolute atomic E-state index is 11.8. The molecule has 0 atom stereocenters. The van der Waals surface area contributed by atoms with Gasteiger partial charge >= 0.3 is 6.03 Å². The van der Waals surface area contributed by atoms with Gasteiger partial charge in [0.1, 0.15) is 0 Å². The van der Waals surface area contributed by atoms with Crippen molar-refractivity contribution in [2.24, 2.45) is 0 Å². The first-order valence-electron chi connectivity index (χ1n) is 7.16. The second-order valence-corrected chi connectivity index (χ2v) is 4.77. The van der Waals surface area contributed by atoms with Gasteiger partial charge in [0.25, 0.3) is 0 Å². The van der Waals surface area contributed by atoms with Gasteiger partial charge in [-0.2, -0.15) is 0 Å². The van der Waals surface area contributed by atoms with Crippen LogP contribution in [-0.4, -0.2) is 18.5 Å². The Morgan fingerprint density at radius 2 is 1.45 bits per heavy atom. The van der Waals surface area contributed by atoms with Crippen molar-refractivity contribution < 1.29 is 9.59 Å². The van der Waals surface area contributed by atoms with E-state index < -0.39 is 0 Å². The van der Waals surface area contributed by atoms with Crippen LogP contribution < -0.4 is 16.0 Å². The van der Waals surface area contributed by atoms with Gasteiger partial charge in [0.15, 0.2) is 0 Å². The molecule has 3 amide bonds. The molecule has 0 aliphatic heterocycles. The third-order valence-corrected chi connectivity index (χ3v) is 2.98. The molecule has 0 unspecified atom stereocenters. The molecule has 5 heteroatoms. The number of amides is 3. The molecule has 0 radical (unpaired) electrons. The van der Waals surface area contributed by atoms with Gasteiger partial charge in [-0.15, -0.1) is 0 Å². The van der Waals surface area contributed by atoms with E-state index in [1.807, 2.05) is 49.4 Å². The minimum absolute atomic E-state index is 0.00923. The number of nitrogens with one attached hydrogen (secondary N) is 3. The predicted octanol–water partition coefficient (Wildman–Crippen LogP) is 3.01. The predicted molar refractivity (Wildman–Crippen MR) is 87.9 cm³/mol. The van der Waals surface area contributed by atoms with E-state index in [9.17, 15) is 9.59 Å². The topological polar surface area (TPSA) is 70.2 Å². The van der Waals surface area contributed by atoms with Crippen molar-refractivity contribution in [1.82, 2.24) is 5.32 Å². The maximum atomic E-state index is 11.8. The lowest BCUT2D eigenvalue weighted by molar-refractivity contribution is -0.120. The van der Waals surface area contributed by atoms with Crippen LogP contribution in [0.4, 0.5) is 16.2 Å². The molecule has 0 aromatic heterocycles. The monoisotopic (exact) mass is 297 g/mol. The van der Waals surface area contributed by atoms with Crippen LogP contribution in [0.5, 0.6) is 0 Å². The van der Waals surface area contributed by atoms with Gasteiger partial charge in [-0.25, -0.2) is 4.79 Å². The lowest BCUT2D eigenvalue weighted by atomic mass is 10.1. The molecular weight excluding hydrogens is 278 g/mol. The fraction of sp³-hybridized carbons (Fsp3) is 0.176. The minimum Gasteiger partial charge on any atom is -0.356 e. The fourth-order valence-corrected chi connectivity index (χ4v) is 1.97. The highest BCUT2D eigenvalue weighted by molar-refractivity contribution is 5.99. The summed E-state index contributed by atoms with van der Waals surface area (Å²) < 4.78 is 0. The summed E-state index contributed by atoms with van der Waals surface area (Å²) in [6.07, 6.45) is 0.338. The average molecular weight is 297 g/mol. The van der Waals surface area contributed by atoms with Crippen molar-refractivity contribution in [1.29, 1.82) is 0 Å². The van der Waals surface area contributed by atoms with Crippen LogP contribution in [0.2, 0.25) is 0 Å². The second kappa shape index (κ2) is 7.83. The number of anilines is 2. The summed E-state index contributed by atoms with van der Waals surface area (Å²) in [6.45, 7) is 2.51. The van der Waals surface area contributed by atoms with Crippen molar-refractivity contribution in [2.75, 3.05) is 17.2 Å². The molecule has 0 aliphatic carbocycles. The van der Waals surface area contributed by atoms with Crippen molar-refractivity contribution in [3.8, 4) is 0 Å². The first-order chi connectivity index (χ1) is 10.7. The number of hydrogen-bond acceptors (Lipinski definition) is 2. The van der Waals surface area contributed by atoms with Gasteiger partial charge in [-0.05, 0) is 36.8 Å². The summed E-state index contributed by atoms with van der Waals surface area (Å²) in [5.74, 6) is -0.00923. The average Bonchev–Trinajstić information content (AvgIpc) is 2.50. The number of urea groups is 1. The molecule has 22 heavy (non-hydrogen) atoms. The van der Waals surface area contributed by atoms with Crippen LogP contribution in [0.25, 0.3) is 0 Å². The van der Waals surface area contributed by atoms with Gasteiger partial charge in [0, 0.05) is 17.9 Å². The highest BCUT2D eigenvalue weighted by Crippen LogP contribution is 2.11. The number of carbonyl (C=O) groups is 2. The molecule has 0 bridgehead atoms. The molecule has 0 saturated heterocycles. The Morgan fingerprint density at radius 1 is 0.864 bits per heavy atom. The van der Waals surface area contributed by atoms with E-state index >= 15 is 0 Å². The zero-order valence-corrected chi connectivity index (χ0v) is 12.4. The van der Waals surface area contributed by atoms with Crippen LogP contribution in [-0.2, 0) is 11.2 Å². The Labute approximate surface area is 129 Å². The van der Waals surface area contributed by atoms with Gasteiger partial charge in [-0.1, -0.05) is 30.3 Å². The number of carbonyl (C=O) groups excluding carboxylic acids is 2. The molecule has 0 heterocycles. The number of para-hydroxylation sites is 1. The summed E-state index contributed by atoms with van der Waals surface area (Å²) in [5, 5.41) is 8.23. The van der Waals surface area contributed by atoms with E-state index in [0.717, 1.165) is 11.3 Å². The normalized spacial score (nSPS) is 9.86. The summed E-state index contributed by atoms with van der Waals surface area (Å²) in [7, 11) is 0. The van der Waals surface area contributed by atoms with E-state index in [1.54, 1.807) is 12.1 Å². The molecule has 0 saturated carbocycles. The van der Waals surface area contributed by atoms with Crippen molar-refractivity contribution in [2.45, 2.75) is 13.3 Å². The molecule has 2 aromatic rings. The van der Waals surface area contributed by atoms with Gasteiger partial charge in [0.2, 0.25) is 5.91 Å². The summed E-state index contributed by atoms with van der Waals surface area (Å²) >= 11 is 0. The zero-order valence-electron chi connectivity index (χ0n) is 12.4. The number of likely N-dealkylation sites (N-methyl/N-ethyl adjacent to an activating group) is 1. The molecular formula is C17H19N3O2. The van der Waals surface area contributed by atoms with Crippen LogP contribution in [0, 0.1) is 0 Å². The van der Waals surface area contributed by atoms with Crippen LogP contribution in [0.3, 0.4) is 0 Å². The highest BCUT2D eigenvalue weighted by Gasteiger charge is 2.04. The number of hydrogen-bond donors (Lipinski definition) is 3. The van der Waals surface area contributed by atoms with Crippen molar-refractivity contribution >= 4 is 23.3 Å². The van der Waals surface area contributed by atoms with Crippen molar-refractivity contribution in [3.05, 3.63) is 60.2 Å². The summed E-state index contributed by atoms with van der Waals surface area (Å²) in [5.41, 5.74) is 2.31. The molecule has 3 N–H and O–H groups in total. The quantitative estimate of drug-likeness (QED) is 0.794. The SMILES string of the molecule is CCNC(=O)Cc1ccc(NC(=O)Nc2ccccc2)cc1. The highest BCUT2D eigenvalue weighted by atomic mass is 16.2. The summed E-state index contributed by atoms with van der Waals surface area (Å²) in [6, 6.07) is 16.1. The van der Waals surface area contributed by atoms with Gasteiger partial charge in [0.05, 0.1) is 6.42 Å². The Kier molecular flexibility index (Phi) is 5.54. The van der Waals surface area contributed by atoms with Crippen LogP contribution in [0.15, 0.2) is 54.6 Å². The van der Waals surface area contributed by atoms with Crippen LogP contribution in [0.1, 0.15) is 12.5 Å². The maximum Gasteiger partial charge on any atom is 0.323 e. The zero-order chi connectivity index (χ0) is 15.8. The van der Waals surface area contributed by atoms with E-state index in [0.29, 0.717) is 18.7 Å². The Bertz CT molecular complexity index is 624. The Hall–Kier alpha value is -2.82. The van der Waals surface area contributed by atoms with E-state index in [1.165, 1.54) is 0 Å². The second-order valence-electron chi connectivity index (χ2n) is 4.77. The van der Waals surface area contributed by atoms with E-state index in [4.69, 9.17) is 0 Å². The largest absolute Gasteiger partial charge is 0.356 e. The first kappa shape index (κ1) is 15.6. The van der Waals surface area contributed by atoms with E-state index in [2.05, 4.69) is 16.0 Å². The molecule has 114 valence electrons. The van der Waals surface area contributed by atoms with Crippen molar-refractivity contribution in [3.63, 3.8) is 0 Å². The molecule has 2 aromatic carbocycles. The number of rotatable bonds is 5. The van der Waals surface area contributed by atoms with Gasteiger partial charge in [-0.3, -0.25) is 4.79 Å². The van der Waals surface area contributed by atoms with Crippen LogP contribution >= 0.6 is 0 Å². The smallest absolute Gasteiger partial charge is 0.323 e. The lowest BCUT2D eigenvalue weighted by Crippen LogP contribution is -2.24. The molecule has 0 aliphatic rings. The molecule has 2 rings (SSSR count). The third-order valence-electron chi connectivity index (χ3n) is 2.98. The Morgan fingerprint density at radius 3 is 2.05 bits per heavy atom. The fourth-order valence-electron chi connectivity index (χ4n) is 1.97. The first-order valence-corrected chi connectivity index (χ1v) is 7.16. The number of benzene rings is 2. The summed E-state index contributed by atoms with van der Waals surface area (Å²) in [4.78, 5) is 23.3. The molecule has 0 fully saturated rings. The third kappa shape index (κ3) is 4.94. The standard InChI is InChI=1S/C17H19N3O2/c1-2-18-16(21)12-13-8-10-15(11-9-13)20-17(22)19-14-6-4-3-5-7-14/h3-11H,2,12H2,1H3,(H,18,21)(H2,19,20,22). The molecule has 0 spiro atoms.